The van der Waals surface area contributed by atoms with Crippen molar-refractivity contribution in [2.24, 2.45) is 0 Å². The van der Waals surface area contributed by atoms with Crippen LogP contribution < -0.4 is 4.74 Å². The molecule has 1 aliphatic rings. The Hall–Kier alpha value is -1.84. The molecule has 0 unspecified atom stereocenters. The third kappa shape index (κ3) is 3.79. The summed E-state index contributed by atoms with van der Waals surface area (Å²) in [5.74, 6) is 0.0129. The number of alkyl halides is 3. The molecule has 0 amide bonds. The van der Waals surface area contributed by atoms with Crippen molar-refractivity contribution >= 4 is 21.6 Å². The third-order valence-electron chi connectivity index (χ3n) is 3.93. The Kier molecular flexibility index (Phi) is 4.89. The molecule has 0 aliphatic carbocycles. The van der Waals surface area contributed by atoms with Gasteiger partial charge in [0.1, 0.15) is 6.10 Å². The molecule has 0 spiro atoms. The maximum Gasteiger partial charge on any atom is 0.417 e. The van der Waals surface area contributed by atoms with Crippen LogP contribution in [0.4, 0.5) is 13.2 Å². The number of ether oxygens (including phenoxy) is 1. The molecule has 0 atom stereocenters. The summed E-state index contributed by atoms with van der Waals surface area (Å²) in [4.78, 5) is 3.73. The lowest BCUT2D eigenvalue weighted by atomic mass is 10.2. The highest BCUT2D eigenvalue weighted by molar-refractivity contribution is 7.89. The Morgan fingerprint density at radius 1 is 1.23 bits per heavy atom. The van der Waals surface area contributed by atoms with Crippen molar-refractivity contribution in [3.8, 4) is 5.88 Å². The van der Waals surface area contributed by atoms with Crippen LogP contribution in [-0.4, -0.2) is 36.9 Å². The molecule has 1 aromatic carbocycles. The predicted octanol–water partition coefficient (Wildman–Crippen LogP) is 3.51. The number of hydrogen-bond acceptors (Lipinski definition) is 4. The minimum absolute atomic E-state index is 0.0129. The second-order valence-corrected chi connectivity index (χ2v) is 8.20. The van der Waals surface area contributed by atoms with Crippen molar-refractivity contribution in [3.05, 3.63) is 52.7 Å². The van der Waals surface area contributed by atoms with Gasteiger partial charge in [-0.05, 0) is 30.7 Å². The van der Waals surface area contributed by atoms with Crippen LogP contribution in [0.25, 0.3) is 0 Å². The van der Waals surface area contributed by atoms with Crippen molar-refractivity contribution in [2.45, 2.75) is 24.1 Å². The molecule has 1 aromatic heterocycles. The van der Waals surface area contributed by atoms with Gasteiger partial charge in [-0.25, -0.2) is 13.4 Å². The van der Waals surface area contributed by atoms with E-state index in [1.54, 1.807) is 19.1 Å². The van der Waals surface area contributed by atoms with Gasteiger partial charge in [0.25, 0.3) is 0 Å². The number of nitrogens with zero attached hydrogens (tertiary/aromatic N) is 2. The van der Waals surface area contributed by atoms with E-state index in [-0.39, 0.29) is 23.9 Å². The van der Waals surface area contributed by atoms with Crippen molar-refractivity contribution in [3.63, 3.8) is 0 Å². The predicted molar refractivity (Wildman–Crippen MR) is 88.6 cm³/mol. The number of aryl methyl sites for hydroxylation is 1. The summed E-state index contributed by atoms with van der Waals surface area (Å²) in [6.45, 7) is 1.83. The minimum atomic E-state index is -4.47. The molecule has 1 aliphatic heterocycles. The molecule has 10 heteroatoms. The fourth-order valence-corrected chi connectivity index (χ4v) is 4.44. The topological polar surface area (TPSA) is 59.5 Å². The number of aromatic nitrogens is 1. The van der Waals surface area contributed by atoms with Gasteiger partial charge in [-0.1, -0.05) is 17.7 Å². The second-order valence-electron chi connectivity index (χ2n) is 5.85. The highest BCUT2D eigenvalue weighted by atomic mass is 35.5. The van der Waals surface area contributed by atoms with Crippen LogP contribution >= 0.6 is 11.6 Å². The van der Waals surface area contributed by atoms with Crippen LogP contribution in [0.3, 0.4) is 0 Å². The van der Waals surface area contributed by atoms with E-state index in [9.17, 15) is 21.6 Å². The SMILES string of the molecule is Cc1ccc(Cl)cc1S(=O)(=O)N1CC(Oc2ccc(C(F)(F)F)cn2)C1. The number of benzene rings is 1. The summed E-state index contributed by atoms with van der Waals surface area (Å²) in [5.41, 5.74) is -0.303. The zero-order valence-corrected chi connectivity index (χ0v) is 15.1. The largest absolute Gasteiger partial charge is 0.472 e. The molecule has 2 aromatic rings. The highest BCUT2D eigenvalue weighted by Crippen LogP contribution is 2.30. The number of halogens is 4. The van der Waals surface area contributed by atoms with Gasteiger partial charge in [0, 0.05) is 17.3 Å². The molecule has 3 rings (SSSR count). The second kappa shape index (κ2) is 6.71. The standard InChI is InChI=1S/C16H14ClF3N2O3S/c1-10-2-4-12(17)6-14(10)26(23,24)22-8-13(9-22)25-15-5-3-11(7-21-15)16(18,19)20/h2-7,13H,8-9H2,1H3. The first-order chi connectivity index (χ1) is 12.1. The van der Waals surface area contributed by atoms with Crippen LogP contribution in [0.2, 0.25) is 5.02 Å². The van der Waals surface area contributed by atoms with Gasteiger partial charge < -0.3 is 4.74 Å². The minimum Gasteiger partial charge on any atom is -0.472 e. The van der Waals surface area contributed by atoms with Crippen LogP contribution in [0.15, 0.2) is 41.4 Å². The average molecular weight is 407 g/mol. The maximum absolute atomic E-state index is 12.6. The van der Waals surface area contributed by atoms with E-state index < -0.39 is 27.9 Å². The molecule has 0 N–H and O–H groups in total. The molecular weight excluding hydrogens is 393 g/mol. The van der Waals surface area contributed by atoms with Gasteiger partial charge >= 0.3 is 6.18 Å². The van der Waals surface area contributed by atoms with Crippen molar-refractivity contribution in [1.82, 2.24) is 9.29 Å². The zero-order valence-electron chi connectivity index (χ0n) is 13.5. The molecule has 2 heterocycles. The normalized spacial score (nSPS) is 16.3. The molecular formula is C16H14ClF3N2O3S. The number of pyridine rings is 1. The first-order valence-electron chi connectivity index (χ1n) is 7.53. The quantitative estimate of drug-likeness (QED) is 0.779. The van der Waals surface area contributed by atoms with E-state index in [2.05, 4.69) is 4.98 Å². The summed E-state index contributed by atoms with van der Waals surface area (Å²) in [5, 5.41) is 0.316. The number of sulfonamides is 1. The van der Waals surface area contributed by atoms with Gasteiger partial charge in [-0.2, -0.15) is 17.5 Å². The summed E-state index contributed by atoms with van der Waals surface area (Å²) < 4.78 is 69.4. The van der Waals surface area contributed by atoms with Crippen LogP contribution in [-0.2, 0) is 16.2 Å². The Morgan fingerprint density at radius 3 is 2.50 bits per heavy atom. The van der Waals surface area contributed by atoms with Gasteiger partial charge in [0.05, 0.1) is 23.5 Å². The van der Waals surface area contributed by atoms with E-state index in [0.29, 0.717) is 16.8 Å². The maximum atomic E-state index is 12.6. The molecule has 0 saturated carbocycles. The number of hydrogen-bond donors (Lipinski definition) is 0. The third-order valence-corrected chi connectivity index (χ3v) is 6.14. The van der Waals surface area contributed by atoms with Crippen molar-refractivity contribution in [2.75, 3.05) is 13.1 Å². The zero-order chi connectivity index (χ0) is 19.1. The fourth-order valence-electron chi connectivity index (χ4n) is 2.45. The summed E-state index contributed by atoms with van der Waals surface area (Å²) in [6, 6.07) is 6.59. The van der Waals surface area contributed by atoms with Gasteiger partial charge in [-0.3, -0.25) is 0 Å². The Balaban J connectivity index is 1.64. The smallest absolute Gasteiger partial charge is 0.417 e. The monoisotopic (exact) mass is 406 g/mol. The lowest BCUT2D eigenvalue weighted by Gasteiger charge is -2.37. The summed E-state index contributed by atoms with van der Waals surface area (Å²) in [7, 11) is -3.71. The molecule has 140 valence electrons. The lowest BCUT2D eigenvalue weighted by molar-refractivity contribution is -0.137. The van der Waals surface area contributed by atoms with E-state index in [0.717, 1.165) is 12.1 Å². The summed E-state index contributed by atoms with van der Waals surface area (Å²) in [6.07, 6.45) is -4.27. The fraction of sp³-hybridized carbons (Fsp3) is 0.312. The van der Waals surface area contributed by atoms with Crippen LogP contribution in [0.5, 0.6) is 5.88 Å². The first-order valence-corrected chi connectivity index (χ1v) is 9.35. The molecule has 1 saturated heterocycles. The molecule has 1 fully saturated rings. The Bertz CT molecular complexity index is 911. The molecule has 0 radical (unpaired) electrons. The molecule has 5 nitrogen and oxygen atoms in total. The van der Waals surface area contributed by atoms with Crippen molar-refractivity contribution in [1.29, 1.82) is 0 Å². The van der Waals surface area contributed by atoms with Gasteiger partial charge in [0.15, 0.2) is 0 Å². The molecule has 0 bridgehead atoms. The van der Waals surface area contributed by atoms with E-state index in [1.165, 1.54) is 10.4 Å². The lowest BCUT2D eigenvalue weighted by Crippen LogP contribution is -2.56. The van der Waals surface area contributed by atoms with E-state index >= 15 is 0 Å². The van der Waals surface area contributed by atoms with Crippen LogP contribution in [0.1, 0.15) is 11.1 Å². The Labute approximate surface area is 153 Å². The van der Waals surface area contributed by atoms with Gasteiger partial charge in [0.2, 0.25) is 15.9 Å². The number of rotatable bonds is 4. The highest BCUT2D eigenvalue weighted by Gasteiger charge is 2.39. The van der Waals surface area contributed by atoms with E-state index in [4.69, 9.17) is 16.3 Å². The summed E-state index contributed by atoms with van der Waals surface area (Å²) >= 11 is 5.87. The Morgan fingerprint density at radius 2 is 1.92 bits per heavy atom. The first kappa shape index (κ1) is 18.9. The van der Waals surface area contributed by atoms with Crippen LogP contribution in [0, 0.1) is 6.92 Å². The molecule has 26 heavy (non-hydrogen) atoms. The van der Waals surface area contributed by atoms with Crippen molar-refractivity contribution < 1.29 is 26.3 Å². The van der Waals surface area contributed by atoms with Gasteiger partial charge in [-0.15, -0.1) is 0 Å². The van der Waals surface area contributed by atoms with E-state index in [1.807, 2.05) is 0 Å². The average Bonchev–Trinajstić information content (AvgIpc) is 2.52.